The number of amides is 1. The van der Waals surface area contributed by atoms with Crippen LogP contribution in [0.4, 0.5) is 5.69 Å². The van der Waals surface area contributed by atoms with Crippen molar-refractivity contribution in [2.24, 2.45) is 0 Å². The van der Waals surface area contributed by atoms with Crippen molar-refractivity contribution in [3.8, 4) is 5.88 Å². The monoisotopic (exact) mass is 210 g/mol. The van der Waals surface area contributed by atoms with Crippen LogP contribution in [0.25, 0.3) is 0 Å². The van der Waals surface area contributed by atoms with Gasteiger partial charge in [-0.05, 0) is 18.6 Å². The second kappa shape index (κ2) is 5.31. The Morgan fingerprint density at radius 1 is 1.67 bits per heavy atom. The number of ether oxygens (including phenoxy) is 1. The molecule has 1 rings (SSSR count). The molecule has 1 aromatic rings. The average Bonchev–Trinajstić information content (AvgIpc) is 2.21. The normalized spacial score (nSPS) is 9.80. The van der Waals surface area contributed by atoms with E-state index in [0.29, 0.717) is 11.6 Å². The first kappa shape index (κ1) is 11.5. The number of aliphatic hydroxyl groups is 1. The van der Waals surface area contributed by atoms with Crippen LogP contribution in [0.1, 0.15) is 12.0 Å². The number of carbonyl (C=O) groups is 1. The topological polar surface area (TPSA) is 71.5 Å². The van der Waals surface area contributed by atoms with E-state index in [1.54, 1.807) is 12.3 Å². The minimum atomic E-state index is -0.257. The zero-order valence-electron chi connectivity index (χ0n) is 8.78. The predicted molar refractivity (Wildman–Crippen MR) is 55.9 cm³/mol. The summed E-state index contributed by atoms with van der Waals surface area (Å²) in [4.78, 5) is 15.3. The number of rotatable bonds is 4. The first-order valence-corrected chi connectivity index (χ1v) is 4.59. The second-order valence-corrected chi connectivity index (χ2v) is 3.03. The van der Waals surface area contributed by atoms with E-state index in [2.05, 4.69) is 10.3 Å². The molecule has 0 aromatic carbocycles. The highest BCUT2D eigenvalue weighted by Crippen LogP contribution is 2.24. The van der Waals surface area contributed by atoms with Gasteiger partial charge in [-0.15, -0.1) is 0 Å². The van der Waals surface area contributed by atoms with Crippen LogP contribution < -0.4 is 10.1 Å². The molecule has 0 atom stereocenters. The maximum absolute atomic E-state index is 11.3. The van der Waals surface area contributed by atoms with E-state index in [1.807, 2.05) is 6.92 Å². The lowest BCUT2D eigenvalue weighted by atomic mass is 10.2. The highest BCUT2D eigenvalue weighted by molar-refractivity contribution is 5.92. The lowest BCUT2D eigenvalue weighted by molar-refractivity contribution is -0.116. The van der Waals surface area contributed by atoms with Gasteiger partial charge in [-0.3, -0.25) is 4.79 Å². The van der Waals surface area contributed by atoms with Crippen molar-refractivity contribution in [2.75, 3.05) is 19.0 Å². The lowest BCUT2D eigenvalue weighted by Gasteiger charge is -2.10. The van der Waals surface area contributed by atoms with Crippen molar-refractivity contribution in [1.82, 2.24) is 4.98 Å². The van der Waals surface area contributed by atoms with Crippen molar-refractivity contribution >= 4 is 11.6 Å². The zero-order chi connectivity index (χ0) is 11.3. The van der Waals surface area contributed by atoms with Crippen LogP contribution in [-0.2, 0) is 4.79 Å². The third-order valence-corrected chi connectivity index (χ3v) is 1.92. The number of aliphatic hydroxyl groups excluding tert-OH is 1. The minimum Gasteiger partial charge on any atom is -0.480 e. The maximum Gasteiger partial charge on any atom is 0.237 e. The summed E-state index contributed by atoms with van der Waals surface area (Å²) >= 11 is 0. The predicted octanol–water partition coefficient (Wildman–Crippen LogP) is 0.720. The highest BCUT2D eigenvalue weighted by atomic mass is 16.5. The van der Waals surface area contributed by atoms with Gasteiger partial charge in [-0.2, -0.15) is 0 Å². The molecule has 0 bridgehead atoms. The molecule has 0 saturated heterocycles. The Balaban J connectivity index is 2.87. The summed E-state index contributed by atoms with van der Waals surface area (Å²) in [7, 11) is 1.49. The lowest BCUT2D eigenvalue weighted by Crippen LogP contribution is -2.14. The summed E-state index contributed by atoms with van der Waals surface area (Å²) in [6.07, 6.45) is 1.67. The number of pyridine rings is 1. The van der Waals surface area contributed by atoms with Crippen molar-refractivity contribution in [3.05, 3.63) is 17.8 Å². The fraction of sp³-hybridized carbons (Fsp3) is 0.400. The Morgan fingerprint density at radius 2 is 2.40 bits per heavy atom. The van der Waals surface area contributed by atoms with Crippen molar-refractivity contribution in [3.63, 3.8) is 0 Å². The summed E-state index contributed by atoms with van der Waals surface area (Å²) in [6.45, 7) is 1.67. The Hall–Kier alpha value is -1.62. The molecule has 0 spiro atoms. The average molecular weight is 210 g/mol. The number of methoxy groups -OCH3 is 1. The number of carbonyl (C=O) groups excluding carboxylic acids is 1. The summed E-state index contributed by atoms with van der Waals surface area (Å²) in [5, 5.41) is 11.2. The quantitative estimate of drug-likeness (QED) is 0.768. The molecule has 1 aromatic heterocycles. The Kier molecular flexibility index (Phi) is 4.05. The van der Waals surface area contributed by atoms with Crippen LogP contribution in [0.2, 0.25) is 0 Å². The van der Waals surface area contributed by atoms with Crippen LogP contribution in [0.5, 0.6) is 5.88 Å². The van der Waals surface area contributed by atoms with E-state index in [0.717, 1.165) is 5.56 Å². The molecule has 0 unspecified atom stereocenters. The molecule has 0 aliphatic carbocycles. The van der Waals surface area contributed by atoms with Gasteiger partial charge in [0, 0.05) is 6.20 Å². The minimum absolute atomic E-state index is 0.0670. The molecule has 0 aliphatic heterocycles. The number of hydrogen-bond acceptors (Lipinski definition) is 4. The van der Waals surface area contributed by atoms with E-state index in [-0.39, 0.29) is 18.9 Å². The fourth-order valence-corrected chi connectivity index (χ4v) is 1.14. The molecule has 0 aliphatic rings. The largest absolute Gasteiger partial charge is 0.480 e. The van der Waals surface area contributed by atoms with Gasteiger partial charge in [0.1, 0.15) is 5.69 Å². The summed E-state index contributed by atoms with van der Waals surface area (Å²) in [5.74, 6) is 0.119. The first-order chi connectivity index (χ1) is 7.19. The molecule has 5 heteroatoms. The van der Waals surface area contributed by atoms with Gasteiger partial charge >= 0.3 is 0 Å². The van der Waals surface area contributed by atoms with Gasteiger partial charge < -0.3 is 15.2 Å². The third kappa shape index (κ3) is 2.92. The van der Waals surface area contributed by atoms with E-state index in [4.69, 9.17) is 9.84 Å². The number of anilines is 1. The molecule has 1 amide bonds. The van der Waals surface area contributed by atoms with Gasteiger partial charge in [-0.25, -0.2) is 4.98 Å². The van der Waals surface area contributed by atoms with Crippen LogP contribution >= 0.6 is 0 Å². The third-order valence-electron chi connectivity index (χ3n) is 1.92. The maximum atomic E-state index is 11.3. The Bertz CT molecular complexity index is 353. The Morgan fingerprint density at radius 3 is 3.00 bits per heavy atom. The molecular formula is C10H14N2O3. The molecule has 0 radical (unpaired) electrons. The smallest absolute Gasteiger partial charge is 0.237 e. The summed E-state index contributed by atoms with van der Waals surface area (Å²) in [5.41, 5.74) is 1.42. The number of aromatic nitrogens is 1. The van der Waals surface area contributed by atoms with Gasteiger partial charge in [-0.1, -0.05) is 0 Å². The van der Waals surface area contributed by atoms with Gasteiger partial charge in [0.15, 0.2) is 0 Å². The van der Waals surface area contributed by atoms with E-state index in [1.165, 1.54) is 7.11 Å². The standard InChI is InChI=1S/C10H14N2O3/c1-7-3-5-11-10(15-2)9(7)12-8(14)4-6-13/h3,5,13H,4,6H2,1-2H3,(H,12,14). The Labute approximate surface area is 88.1 Å². The molecule has 0 saturated carbocycles. The van der Waals surface area contributed by atoms with Crippen molar-refractivity contribution in [1.29, 1.82) is 0 Å². The summed E-state index contributed by atoms with van der Waals surface area (Å²) in [6, 6.07) is 1.77. The SMILES string of the molecule is COc1nccc(C)c1NC(=O)CCO. The number of hydrogen-bond donors (Lipinski definition) is 2. The highest BCUT2D eigenvalue weighted by Gasteiger charge is 2.10. The van der Waals surface area contributed by atoms with Crippen molar-refractivity contribution < 1.29 is 14.6 Å². The fourth-order valence-electron chi connectivity index (χ4n) is 1.14. The van der Waals surface area contributed by atoms with Gasteiger partial charge in [0.05, 0.1) is 20.1 Å². The van der Waals surface area contributed by atoms with Crippen LogP contribution in [0, 0.1) is 6.92 Å². The molecular weight excluding hydrogens is 196 g/mol. The molecule has 5 nitrogen and oxygen atoms in total. The second-order valence-electron chi connectivity index (χ2n) is 3.03. The van der Waals surface area contributed by atoms with Crippen molar-refractivity contribution in [2.45, 2.75) is 13.3 Å². The van der Waals surface area contributed by atoms with Crippen LogP contribution in [0.3, 0.4) is 0 Å². The number of aryl methyl sites for hydroxylation is 1. The zero-order valence-corrected chi connectivity index (χ0v) is 8.78. The van der Waals surface area contributed by atoms with Gasteiger partial charge in [0.25, 0.3) is 0 Å². The number of nitrogens with zero attached hydrogens (tertiary/aromatic N) is 1. The van der Waals surface area contributed by atoms with Crippen LogP contribution in [0.15, 0.2) is 12.3 Å². The number of nitrogens with one attached hydrogen (secondary N) is 1. The van der Waals surface area contributed by atoms with E-state index < -0.39 is 0 Å². The molecule has 2 N–H and O–H groups in total. The molecule has 15 heavy (non-hydrogen) atoms. The molecule has 82 valence electrons. The van der Waals surface area contributed by atoms with E-state index >= 15 is 0 Å². The van der Waals surface area contributed by atoms with E-state index in [9.17, 15) is 4.79 Å². The van der Waals surface area contributed by atoms with Gasteiger partial charge in [0.2, 0.25) is 11.8 Å². The van der Waals surface area contributed by atoms with Crippen LogP contribution in [-0.4, -0.2) is 29.7 Å². The first-order valence-electron chi connectivity index (χ1n) is 4.59. The summed E-state index contributed by atoms with van der Waals surface area (Å²) < 4.78 is 5.02. The molecule has 1 heterocycles. The molecule has 0 fully saturated rings.